The van der Waals surface area contributed by atoms with Crippen molar-refractivity contribution in [2.24, 2.45) is 0 Å². The van der Waals surface area contributed by atoms with Crippen LogP contribution < -0.4 is 0 Å². The van der Waals surface area contributed by atoms with Crippen LogP contribution in [0.3, 0.4) is 0 Å². The maximum Gasteiger partial charge on any atom is 0.181 e. The molecule has 0 spiro atoms. The molecule has 0 aliphatic heterocycles. The molecule has 0 unspecified atom stereocenters. The van der Waals surface area contributed by atoms with E-state index in [1.807, 2.05) is 0 Å². The van der Waals surface area contributed by atoms with Gasteiger partial charge in [-0.1, -0.05) is 24.3 Å². The van der Waals surface area contributed by atoms with Crippen molar-refractivity contribution in [2.75, 3.05) is 0 Å². The molecule has 0 bridgehead atoms. The van der Waals surface area contributed by atoms with Gasteiger partial charge in [0.2, 0.25) is 0 Å². The minimum Gasteiger partial charge on any atom is -0.504 e. The molecule has 2 aromatic carbocycles. The summed E-state index contributed by atoms with van der Waals surface area (Å²) in [6.07, 6.45) is 5.32. The molecule has 0 radical (unpaired) electrons. The zero-order valence-electron chi connectivity index (χ0n) is 12.9. The van der Waals surface area contributed by atoms with Crippen LogP contribution in [0, 0.1) is 0 Å². The molecule has 0 amide bonds. The number of benzene rings is 2. The standard InChI is InChI=1S/C18H15O6P/c19-13-5-1-11(9-15(13)21)3-7-17(23)25-18(24)8-4-12-2-6-14(20)16(22)10-12/h1-10,19-22,25H/b7-3+,8-4+. The quantitative estimate of drug-likeness (QED) is 0.358. The number of phenolic OH excluding ortho intramolecular Hbond substituents is 4. The second-order valence-electron chi connectivity index (χ2n) is 5.02. The summed E-state index contributed by atoms with van der Waals surface area (Å²) in [5, 5.41) is 37.1. The van der Waals surface area contributed by atoms with Gasteiger partial charge in [0.15, 0.2) is 34.0 Å². The summed E-state index contributed by atoms with van der Waals surface area (Å²) >= 11 is 0. The third kappa shape index (κ3) is 5.48. The highest BCUT2D eigenvalue weighted by atomic mass is 31.1. The van der Waals surface area contributed by atoms with Crippen molar-refractivity contribution in [3.05, 3.63) is 59.7 Å². The van der Waals surface area contributed by atoms with Crippen LogP contribution in [0.15, 0.2) is 48.6 Å². The molecule has 2 aromatic rings. The minimum absolute atomic E-state index is 0.258. The molecule has 128 valence electrons. The van der Waals surface area contributed by atoms with Crippen LogP contribution in [0.2, 0.25) is 0 Å². The molecule has 0 fully saturated rings. The lowest BCUT2D eigenvalue weighted by Crippen LogP contribution is -1.89. The maximum atomic E-state index is 11.8. The molecule has 4 N–H and O–H groups in total. The van der Waals surface area contributed by atoms with Gasteiger partial charge in [-0.05, 0) is 47.5 Å². The van der Waals surface area contributed by atoms with Crippen LogP contribution in [0.25, 0.3) is 12.2 Å². The summed E-state index contributed by atoms with van der Waals surface area (Å²) in [6.45, 7) is 0. The van der Waals surface area contributed by atoms with E-state index in [1.54, 1.807) is 0 Å². The first-order valence-corrected chi connectivity index (χ1v) is 8.10. The Morgan fingerprint density at radius 1 is 0.680 bits per heavy atom. The van der Waals surface area contributed by atoms with E-state index >= 15 is 0 Å². The molecule has 0 atom stereocenters. The number of carbonyl (C=O) groups is 2. The molecule has 2 rings (SSSR count). The Hall–Kier alpha value is -3.11. The van der Waals surface area contributed by atoms with Gasteiger partial charge in [-0.3, -0.25) is 9.59 Å². The van der Waals surface area contributed by atoms with Gasteiger partial charge in [0.25, 0.3) is 0 Å². The van der Waals surface area contributed by atoms with Gasteiger partial charge in [0.05, 0.1) is 0 Å². The van der Waals surface area contributed by atoms with E-state index in [-0.39, 0.29) is 23.0 Å². The Morgan fingerprint density at radius 2 is 1.08 bits per heavy atom. The summed E-state index contributed by atoms with van der Waals surface area (Å²) < 4.78 is 0. The molecule has 0 saturated carbocycles. The zero-order chi connectivity index (χ0) is 18.4. The lowest BCUT2D eigenvalue weighted by molar-refractivity contribution is -0.109. The summed E-state index contributed by atoms with van der Waals surface area (Å²) in [7, 11) is -0.602. The molecule has 7 heteroatoms. The lowest BCUT2D eigenvalue weighted by Gasteiger charge is -1.99. The van der Waals surface area contributed by atoms with E-state index in [0.717, 1.165) is 0 Å². The van der Waals surface area contributed by atoms with Gasteiger partial charge >= 0.3 is 0 Å². The van der Waals surface area contributed by atoms with Crippen LogP contribution >= 0.6 is 8.58 Å². The molecule has 0 aromatic heterocycles. The second-order valence-corrected chi connectivity index (χ2v) is 6.25. The third-order valence-corrected chi connectivity index (χ3v) is 3.93. The molecule has 0 heterocycles. The maximum absolute atomic E-state index is 11.8. The highest BCUT2D eigenvalue weighted by molar-refractivity contribution is 7.75. The SMILES string of the molecule is O=C(/C=C/c1ccc(O)c(O)c1)PC(=O)/C=C/c1ccc(O)c(O)c1. The van der Waals surface area contributed by atoms with E-state index in [2.05, 4.69) is 0 Å². The van der Waals surface area contributed by atoms with Crippen molar-refractivity contribution < 1.29 is 30.0 Å². The Balaban J connectivity index is 1.94. The number of rotatable bonds is 6. The molecular formula is C18H15O6P. The number of aromatic hydroxyl groups is 4. The van der Waals surface area contributed by atoms with Crippen LogP contribution in [-0.4, -0.2) is 31.5 Å². The lowest BCUT2D eigenvalue weighted by atomic mass is 10.2. The second kappa shape index (κ2) is 8.13. The van der Waals surface area contributed by atoms with Crippen molar-refractivity contribution in [3.8, 4) is 23.0 Å². The summed E-state index contributed by atoms with van der Waals surface area (Å²) in [4.78, 5) is 23.5. The largest absolute Gasteiger partial charge is 0.504 e. The fourth-order valence-corrected chi connectivity index (χ4v) is 2.41. The van der Waals surface area contributed by atoms with Crippen LogP contribution in [-0.2, 0) is 9.59 Å². The predicted molar refractivity (Wildman–Crippen MR) is 95.9 cm³/mol. The highest BCUT2D eigenvalue weighted by Gasteiger charge is 2.05. The Labute approximate surface area is 145 Å². The predicted octanol–water partition coefficient (Wildman–Crippen LogP) is 2.97. The summed E-state index contributed by atoms with van der Waals surface area (Å²) in [6, 6.07) is 8.20. The van der Waals surface area contributed by atoms with E-state index in [0.29, 0.717) is 11.1 Å². The van der Waals surface area contributed by atoms with Crippen molar-refractivity contribution >= 4 is 31.8 Å². The van der Waals surface area contributed by atoms with Gasteiger partial charge in [-0.2, -0.15) is 0 Å². The van der Waals surface area contributed by atoms with E-state index in [4.69, 9.17) is 0 Å². The Bertz CT molecular complexity index is 798. The Kier molecular flexibility index (Phi) is 5.93. The fourth-order valence-electron chi connectivity index (χ4n) is 1.84. The Morgan fingerprint density at radius 3 is 1.44 bits per heavy atom. The number of hydrogen-bond donors (Lipinski definition) is 4. The van der Waals surface area contributed by atoms with E-state index < -0.39 is 19.6 Å². The molecule has 0 aliphatic rings. The van der Waals surface area contributed by atoms with Gasteiger partial charge in [-0.15, -0.1) is 0 Å². The van der Waals surface area contributed by atoms with Gasteiger partial charge in [-0.25, -0.2) is 0 Å². The normalized spacial score (nSPS) is 11.2. The smallest absolute Gasteiger partial charge is 0.181 e. The number of carbonyl (C=O) groups excluding carboxylic acids is 2. The molecule has 6 nitrogen and oxygen atoms in total. The van der Waals surface area contributed by atoms with Crippen LogP contribution in [0.4, 0.5) is 0 Å². The minimum atomic E-state index is -0.602. The summed E-state index contributed by atoms with van der Waals surface area (Å²) in [5.74, 6) is -1.11. The van der Waals surface area contributed by atoms with Crippen molar-refractivity contribution in [1.29, 1.82) is 0 Å². The average molecular weight is 358 g/mol. The average Bonchev–Trinajstić information content (AvgIpc) is 2.57. The first kappa shape index (κ1) is 18.2. The molecule has 0 aliphatic carbocycles. The van der Waals surface area contributed by atoms with E-state index in [9.17, 15) is 30.0 Å². The number of hydrogen-bond acceptors (Lipinski definition) is 6. The highest BCUT2D eigenvalue weighted by Crippen LogP contribution is 2.27. The van der Waals surface area contributed by atoms with Gasteiger partial charge in [0, 0.05) is 8.58 Å². The topological polar surface area (TPSA) is 115 Å². The first-order chi connectivity index (χ1) is 11.8. The van der Waals surface area contributed by atoms with E-state index in [1.165, 1.54) is 60.7 Å². The van der Waals surface area contributed by atoms with Gasteiger partial charge < -0.3 is 20.4 Å². The number of phenols is 4. The number of allylic oxidation sites excluding steroid dienone is 2. The van der Waals surface area contributed by atoms with Crippen LogP contribution in [0.5, 0.6) is 23.0 Å². The molecular weight excluding hydrogens is 343 g/mol. The van der Waals surface area contributed by atoms with Crippen LogP contribution in [0.1, 0.15) is 11.1 Å². The summed E-state index contributed by atoms with van der Waals surface area (Å²) in [5.41, 5.74) is 0.235. The fraction of sp³-hybridized carbons (Fsp3) is 0. The van der Waals surface area contributed by atoms with Crippen molar-refractivity contribution in [3.63, 3.8) is 0 Å². The molecule has 25 heavy (non-hydrogen) atoms. The monoisotopic (exact) mass is 358 g/mol. The van der Waals surface area contributed by atoms with Crippen molar-refractivity contribution in [1.82, 2.24) is 0 Å². The van der Waals surface area contributed by atoms with Crippen molar-refractivity contribution in [2.45, 2.75) is 0 Å². The zero-order valence-corrected chi connectivity index (χ0v) is 13.9. The third-order valence-electron chi connectivity index (χ3n) is 3.10. The van der Waals surface area contributed by atoms with Gasteiger partial charge in [0.1, 0.15) is 0 Å². The first-order valence-electron chi connectivity index (χ1n) is 7.10. The molecule has 0 saturated heterocycles.